The summed E-state index contributed by atoms with van der Waals surface area (Å²) in [6.07, 6.45) is 6.23. The van der Waals surface area contributed by atoms with Crippen molar-refractivity contribution in [3.8, 4) is 17.5 Å². The Hall–Kier alpha value is -5.04. The van der Waals surface area contributed by atoms with E-state index in [4.69, 9.17) is 16.0 Å². The molecule has 0 bridgehead atoms. The van der Waals surface area contributed by atoms with Crippen LogP contribution in [-0.2, 0) is 4.79 Å². The number of piperidine rings is 1. The minimum atomic E-state index is -0.349. The Morgan fingerprint density at radius 1 is 1.16 bits per heavy atom. The molecule has 1 atom stereocenters. The molecule has 1 aromatic carbocycles. The Labute approximate surface area is 213 Å². The van der Waals surface area contributed by atoms with Crippen LogP contribution in [0.2, 0.25) is 0 Å². The van der Waals surface area contributed by atoms with E-state index in [1.54, 1.807) is 45.8 Å². The number of aromatic nitrogens is 4. The molecule has 3 N–H and O–H groups in total. The van der Waals surface area contributed by atoms with Crippen molar-refractivity contribution in [3.63, 3.8) is 0 Å². The van der Waals surface area contributed by atoms with Gasteiger partial charge in [-0.05, 0) is 49.2 Å². The first-order valence-corrected chi connectivity index (χ1v) is 11.8. The van der Waals surface area contributed by atoms with Gasteiger partial charge in [0.15, 0.2) is 0 Å². The predicted octanol–water partition coefficient (Wildman–Crippen LogP) is 3.39. The first kappa shape index (κ1) is 23.7. The normalized spacial score (nSPS) is 15.2. The highest BCUT2D eigenvalue weighted by atomic mass is 16.2. The van der Waals surface area contributed by atoms with Crippen LogP contribution in [0.1, 0.15) is 40.4 Å². The van der Waals surface area contributed by atoms with Gasteiger partial charge in [0.25, 0.3) is 5.91 Å². The molecule has 1 saturated heterocycles. The predicted molar refractivity (Wildman–Crippen MR) is 138 cm³/mol. The van der Waals surface area contributed by atoms with Gasteiger partial charge in [0, 0.05) is 42.5 Å². The molecule has 37 heavy (non-hydrogen) atoms. The zero-order chi connectivity index (χ0) is 25.9. The smallest absolute Gasteiger partial charge is 0.256 e. The lowest BCUT2D eigenvalue weighted by Gasteiger charge is -2.31. The number of hydrogen-bond acceptors (Lipinski definition) is 7. The number of hydrogen-bond donors (Lipinski definition) is 2. The van der Waals surface area contributed by atoms with Gasteiger partial charge < -0.3 is 16.0 Å². The van der Waals surface area contributed by atoms with E-state index in [0.717, 1.165) is 29.6 Å². The van der Waals surface area contributed by atoms with Gasteiger partial charge in [-0.3, -0.25) is 14.0 Å². The Morgan fingerprint density at radius 3 is 2.70 bits per heavy atom. The van der Waals surface area contributed by atoms with Crippen LogP contribution >= 0.6 is 0 Å². The van der Waals surface area contributed by atoms with Gasteiger partial charge in [-0.25, -0.2) is 15.0 Å². The van der Waals surface area contributed by atoms with Gasteiger partial charge in [-0.1, -0.05) is 18.7 Å². The number of pyridine rings is 1. The number of nitrogens with zero attached hydrogens (tertiary/aromatic N) is 6. The van der Waals surface area contributed by atoms with E-state index in [-0.39, 0.29) is 17.7 Å². The summed E-state index contributed by atoms with van der Waals surface area (Å²) in [4.78, 5) is 40.0. The number of benzene rings is 1. The molecule has 0 aliphatic carbocycles. The summed E-state index contributed by atoms with van der Waals surface area (Å²) in [5.41, 5.74) is 9.55. The average Bonchev–Trinajstić information content (AvgIpc) is 3.34. The minimum Gasteiger partial charge on any atom is -0.369 e. The van der Waals surface area contributed by atoms with Crippen molar-refractivity contribution in [2.24, 2.45) is 0 Å². The van der Waals surface area contributed by atoms with E-state index in [1.807, 2.05) is 12.1 Å². The van der Waals surface area contributed by atoms with Gasteiger partial charge in [0.2, 0.25) is 11.9 Å². The number of anilines is 2. The molecule has 1 unspecified atom stereocenters. The standard InChI is InChI=1S/C27H24N8O2/c1-2-23(36)34-13-3-4-20(16-34)24-21-10-12-31-27(29)35(21)25(33-24)18-5-7-19(8-6-18)26(37)32-22-14-17(15-28)9-11-30-22/h2,5-12,14,20H,1,3-4,13,16H2,(H2,29,31)(H,30,32,37). The average molecular weight is 493 g/mol. The summed E-state index contributed by atoms with van der Waals surface area (Å²) >= 11 is 0. The third kappa shape index (κ3) is 4.62. The van der Waals surface area contributed by atoms with Gasteiger partial charge in [-0.2, -0.15) is 5.26 Å². The summed E-state index contributed by atoms with van der Waals surface area (Å²) in [5.74, 6) is 0.818. The molecular weight excluding hydrogens is 468 g/mol. The van der Waals surface area contributed by atoms with E-state index in [1.165, 1.54) is 18.3 Å². The number of nitrogens with one attached hydrogen (secondary N) is 1. The van der Waals surface area contributed by atoms with Crippen LogP contribution in [-0.4, -0.2) is 49.2 Å². The van der Waals surface area contributed by atoms with Crippen molar-refractivity contribution in [3.05, 3.63) is 84.3 Å². The van der Waals surface area contributed by atoms with Gasteiger partial charge in [0.05, 0.1) is 22.8 Å². The zero-order valence-corrected chi connectivity index (χ0v) is 20.0. The topological polar surface area (TPSA) is 142 Å². The molecule has 0 saturated carbocycles. The maximum atomic E-state index is 12.7. The molecule has 1 aliphatic rings. The highest BCUT2D eigenvalue weighted by Crippen LogP contribution is 2.33. The maximum absolute atomic E-state index is 12.7. The fraction of sp³-hybridized carbons (Fsp3) is 0.185. The second-order valence-corrected chi connectivity index (χ2v) is 8.74. The lowest BCUT2D eigenvalue weighted by molar-refractivity contribution is -0.127. The monoisotopic (exact) mass is 492 g/mol. The molecule has 1 fully saturated rings. The lowest BCUT2D eigenvalue weighted by atomic mass is 9.94. The second kappa shape index (κ2) is 9.91. The van der Waals surface area contributed by atoms with Crippen molar-refractivity contribution >= 4 is 29.1 Å². The Bertz CT molecular complexity index is 1550. The quantitative estimate of drug-likeness (QED) is 0.407. The number of fused-ring (bicyclic) bond motifs is 1. The van der Waals surface area contributed by atoms with Crippen molar-refractivity contribution < 1.29 is 9.59 Å². The number of amides is 2. The molecule has 5 rings (SSSR count). The summed E-state index contributed by atoms with van der Waals surface area (Å²) in [6.45, 7) is 4.86. The number of nitrogens with two attached hydrogens (primary N) is 1. The summed E-state index contributed by atoms with van der Waals surface area (Å²) in [7, 11) is 0. The Balaban J connectivity index is 1.45. The van der Waals surface area contributed by atoms with Crippen LogP contribution in [0.4, 0.5) is 11.8 Å². The van der Waals surface area contributed by atoms with Gasteiger partial charge in [0.1, 0.15) is 11.6 Å². The van der Waals surface area contributed by atoms with Crippen LogP contribution in [0.3, 0.4) is 0 Å². The zero-order valence-electron chi connectivity index (χ0n) is 20.0. The molecule has 10 nitrogen and oxygen atoms in total. The third-order valence-electron chi connectivity index (χ3n) is 6.44. The van der Waals surface area contributed by atoms with Crippen LogP contribution in [0.15, 0.2) is 67.5 Å². The summed E-state index contributed by atoms with van der Waals surface area (Å²) in [5, 5.41) is 11.8. The summed E-state index contributed by atoms with van der Waals surface area (Å²) in [6, 6.07) is 14.0. The fourth-order valence-corrected chi connectivity index (χ4v) is 4.64. The maximum Gasteiger partial charge on any atom is 0.256 e. The van der Waals surface area contributed by atoms with Crippen LogP contribution < -0.4 is 11.1 Å². The molecule has 4 heterocycles. The summed E-state index contributed by atoms with van der Waals surface area (Å²) < 4.78 is 1.80. The van der Waals surface area contributed by atoms with Gasteiger partial charge in [-0.15, -0.1) is 0 Å². The molecule has 0 radical (unpaired) electrons. The van der Waals surface area contributed by atoms with Crippen LogP contribution in [0, 0.1) is 11.3 Å². The Kier molecular flexibility index (Phi) is 6.34. The van der Waals surface area contributed by atoms with E-state index in [2.05, 4.69) is 21.9 Å². The molecule has 4 aromatic rings. The molecule has 3 aromatic heterocycles. The highest BCUT2D eigenvalue weighted by Gasteiger charge is 2.28. The third-order valence-corrected chi connectivity index (χ3v) is 6.44. The van der Waals surface area contributed by atoms with E-state index >= 15 is 0 Å². The first-order valence-electron chi connectivity index (χ1n) is 11.8. The molecule has 2 amide bonds. The molecular formula is C27H24N8O2. The van der Waals surface area contributed by atoms with Crippen molar-refractivity contribution in [1.29, 1.82) is 5.26 Å². The number of nitriles is 1. The number of carbonyl (C=O) groups excluding carboxylic acids is 2. The van der Waals surface area contributed by atoms with E-state index < -0.39 is 0 Å². The lowest BCUT2D eigenvalue weighted by Crippen LogP contribution is -2.38. The minimum absolute atomic E-state index is 0.0462. The Morgan fingerprint density at radius 2 is 1.95 bits per heavy atom. The van der Waals surface area contributed by atoms with E-state index in [9.17, 15) is 9.59 Å². The molecule has 10 heteroatoms. The second-order valence-electron chi connectivity index (χ2n) is 8.74. The first-order chi connectivity index (χ1) is 18.0. The number of likely N-dealkylation sites (tertiary alicyclic amines) is 1. The van der Waals surface area contributed by atoms with Crippen molar-refractivity contribution in [2.75, 3.05) is 24.1 Å². The van der Waals surface area contributed by atoms with Crippen LogP contribution in [0.25, 0.3) is 16.9 Å². The van der Waals surface area contributed by atoms with E-state index in [0.29, 0.717) is 41.8 Å². The molecule has 1 aliphatic heterocycles. The number of carbonyl (C=O) groups is 2. The number of rotatable bonds is 5. The van der Waals surface area contributed by atoms with Crippen molar-refractivity contribution in [2.45, 2.75) is 18.8 Å². The molecule has 0 spiro atoms. The number of nitrogen functional groups attached to an aromatic ring is 1. The van der Waals surface area contributed by atoms with Gasteiger partial charge >= 0.3 is 0 Å². The fourth-order valence-electron chi connectivity index (χ4n) is 4.64. The SMILES string of the molecule is C=CC(=O)N1CCCC(c2nc(-c3ccc(C(=O)Nc4cc(C#N)ccn4)cc3)n3c(N)nccc23)C1. The largest absolute Gasteiger partial charge is 0.369 e. The highest BCUT2D eigenvalue weighted by molar-refractivity contribution is 6.04. The molecule has 184 valence electrons. The van der Waals surface area contributed by atoms with Crippen LogP contribution in [0.5, 0.6) is 0 Å². The number of imidazole rings is 1. The van der Waals surface area contributed by atoms with Crippen molar-refractivity contribution in [1.82, 2.24) is 24.3 Å².